The van der Waals surface area contributed by atoms with E-state index in [0.29, 0.717) is 34.5 Å². The molecule has 1 N–H and O–H groups in total. The number of nitrogens with zero attached hydrogens (tertiary/aromatic N) is 3. The molecule has 0 saturated carbocycles. The molecule has 1 aromatic heterocycles. The zero-order chi connectivity index (χ0) is 24.8. The van der Waals surface area contributed by atoms with Gasteiger partial charge in [0.2, 0.25) is 0 Å². The molecule has 35 heavy (non-hydrogen) atoms. The lowest BCUT2D eigenvalue weighted by atomic mass is 10.2. The van der Waals surface area contributed by atoms with Gasteiger partial charge in [-0.3, -0.25) is 9.59 Å². The molecular weight excluding hydrogens is 515 g/mol. The molecule has 1 amide bonds. The molecule has 0 aliphatic heterocycles. The lowest BCUT2D eigenvalue weighted by molar-refractivity contribution is -0.118. The van der Waals surface area contributed by atoms with Crippen LogP contribution in [0.1, 0.15) is 24.7 Å². The number of carbonyl (C=O) groups excluding carboxylic acids is 1. The van der Waals surface area contributed by atoms with Gasteiger partial charge in [-0.05, 0) is 54.4 Å². The predicted molar refractivity (Wildman–Crippen MR) is 138 cm³/mol. The van der Waals surface area contributed by atoms with Crippen LogP contribution in [-0.2, 0) is 11.2 Å². The van der Waals surface area contributed by atoms with E-state index in [9.17, 15) is 14.0 Å². The maximum absolute atomic E-state index is 13.7. The summed E-state index contributed by atoms with van der Waals surface area (Å²) in [5, 5.41) is 7.34. The first kappa shape index (κ1) is 24.3. The van der Waals surface area contributed by atoms with Gasteiger partial charge in [-0.15, -0.1) is 0 Å². The second-order valence-electron chi connectivity index (χ2n) is 7.69. The molecule has 4 aromatic rings. The van der Waals surface area contributed by atoms with Gasteiger partial charge in [0.25, 0.3) is 11.5 Å². The van der Waals surface area contributed by atoms with E-state index >= 15 is 0 Å². The van der Waals surface area contributed by atoms with Crippen molar-refractivity contribution < 1.29 is 13.9 Å². The molecular formula is C26H22BrFN4O3. The maximum Gasteiger partial charge on any atom is 0.282 e. The summed E-state index contributed by atoms with van der Waals surface area (Å²) in [7, 11) is 0. The molecule has 4 rings (SSSR count). The van der Waals surface area contributed by atoms with Gasteiger partial charge in [0, 0.05) is 10.9 Å². The molecule has 178 valence electrons. The highest BCUT2D eigenvalue weighted by Gasteiger charge is 2.11. The summed E-state index contributed by atoms with van der Waals surface area (Å²) < 4.78 is 21.3. The van der Waals surface area contributed by atoms with Gasteiger partial charge < -0.3 is 10.1 Å². The molecule has 0 spiro atoms. The number of anilines is 1. The first-order valence-electron chi connectivity index (χ1n) is 11.0. The average Bonchev–Trinajstić information content (AvgIpc) is 2.85. The van der Waals surface area contributed by atoms with E-state index < -0.39 is 11.7 Å². The van der Waals surface area contributed by atoms with Crippen molar-refractivity contribution >= 4 is 44.6 Å². The Morgan fingerprint density at radius 2 is 2.00 bits per heavy atom. The molecule has 0 fully saturated rings. The van der Waals surface area contributed by atoms with Crippen molar-refractivity contribution in [2.75, 3.05) is 11.9 Å². The average molecular weight is 537 g/mol. The Balaban J connectivity index is 1.52. The minimum absolute atomic E-state index is 0.0892. The van der Waals surface area contributed by atoms with E-state index in [1.165, 1.54) is 16.8 Å². The Bertz CT molecular complexity index is 1470. The fraction of sp³-hybridized carbons (Fsp3) is 0.154. The van der Waals surface area contributed by atoms with E-state index in [1.54, 1.807) is 54.7 Å². The summed E-state index contributed by atoms with van der Waals surface area (Å²) in [6.07, 6.45) is 2.94. The highest BCUT2D eigenvalue weighted by Crippen LogP contribution is 2.17. The van der Waals surface area contributed by atoms with Crippen LogP contribution < -0.4 is 15.6 Å². The van der Waals surface area contributed by atoms with Crippen LogP contribution >= 0.6 is 15.9 Å². The summed E-state index contributed by atoms with van der Waals surface area (Å²) in [6, 6.07) is 18.2. The Hall–Kier alpha value is -3.85. The van der Waals surface area contributed by atoms with Crippen molar-refractivity contribution in [1.82, 2.24) is 9.66 Å². The van der Waals surface area contributed by atoms with Crippen LogP contribution in [0.2, 0.25) is 0 Å². The summed E-state index contributed by atoms with van der Waals surface area (Å²) in [6.45, 7) is 1.72. The SMILES string of the molecule is CCCc1nc2ccc(Br)cc2c(=O)n1N=Cc1cccc(OCC(=O)Nc2ccccc2F)c1. The van der Waals surface area contributed by atoms with Crippen LogP contribution in [0.15, 0.2) is 81.1 Å². The van der Waals surface area contributed by atoms with Crippen LogP contribution in [-0.4, -0.2) is 28.4 Å². The zero-order valence-electron chi connectivity index (χ0n) is 18.9. The third-order valence-corrected chi connectivity index (χ3v) is 5.54. The largest absolute Gasteiger partial charge is 0.484 e. The third-order valence-electron chi connectivity index (χ3n) is 5.05. The summed E-state index contributed by atoms with van der Waals surface area (Å²) in [5.41, 5.74) is 1.12. The Labute approximate surface area is 209 Å². The standard InChI is InChI=1S/C26H22BrFN4O3/c1-2-6-24-30-22-12-11-18(27)14-20(22)26(34)32(24)29-15-17-7-5-8-19(13-17)35-16-25(33)31-23-10-4-3-9-21(23)28/h3-5,7-15H,2,6,16H2,1H3,(H,31,33). The zero-order valence-corrected chi connectivity index (χ0v) is 20.5. The van der Waals surface area contributed by atoms with Crippen LogP contribution in [0.4, 0.5) is 10.1 Å². The molecule has 0 saturated heterocycles. The van der Waals surface area contributed by atoms with E-state index in [4.69, 9.17) is 4.74 Å². The van der Waals surface area contributed by atoms with E-state index in [2.05, 4.69) is 31.3 Å². The highest BCUT2D eigenvalue weighted by molar-refractivity contribution is 9.10. The fourth-order valence-electron chi connectivity index (χ4n) is 3.41. The molecule has 9 heteroatoms. The van der Waals surface area contributed by atoms with Crippen molar-refractivity contribution in [3.63, 3.8) is 0 Å². The lowest BCUT2D eigenvalue weighted by Gasteiger charge is -2.09. The van der Waals surface area contributed by atoms with E-state index in [-0.39, 0.29) is 17.9 Å². The lowest BCUT2D eigenvalue weighted by Crippen LogP contribution is -2.22. The molecule has 0 unspecified atom stereocenters. The monoisotopic (exact) mass is 536 g/mol. The molecule has 7 nitrogen and oxygen atoms in total. The molecule has 1 heterocycles. The van der Waals surface area contributed by atoms with Crippen LogP contribution in [0.5, 0.6) is 5.75 Å². The number of halogens is 2. The minimum Gasteiger partial charge on any atom is -0.484 e. The molecule has 0 bridgehead atoms. The van der Waals surface area contributed by atoms with E-state index in [1.807, 2.05) is 13.0 Å². The van der Waals surface area contributed by atoms with Crippen molar-refractivity contribution in [3.8, 4) is 5.75 Å². The maximum atomic E-state index is 13.7. The Morgan fingerprint density at radius 1 is 1.17 bits per heavy atom. The van der Waals surface area contributed by atoms with Crippen molar-refractivity contribution in [2.24, 2.45) is 5.10 Å². The van der Waals surface area contributed by atoms with Gasteiger partial charge in [-0.1, -0.05) is 47.1 Å². The fourth-order valence-corrected chi connectivity index (χ4v) is 3.77. The number of rotatable bonds is 8. The number of carbonyl (C=O) groups is 1. The second kappa shape index (κ2) is 11.1. The van der Waals surface area contributed by atoms with Gasteiger partial charge in [0.05, 0.1) is 22.8 Å². The number of hydrogen-bond acceptors (Lipinski definition) is 5. The Kier molecular flexibility index (Phi) is 7.67. The summed E-state index contributed by atoms with van der Waals surface area (Å²) >= 11 is 3.40. The topological polar surface area (TPSA) is 85.6 Å². The number of amides is 1. The van der Waals surface area contributed by atoms with Crippen molar-refractivity contribution in [1.29, 1.82) is 0 Å². The Morgan fingerprint density at radius 3 is 2.80 bits per heavy atom. The third kappa shape index (κ3) is 5.99. The molecule has 0 radical (unpaired) electrons. The normalized spacial score (nSPS) is 11.2. The quantitative estimate of drug-likeness (QED) is 0.315. The van der Waals surface area contributed by atoms with Gasteiger partial charge in [0.15, 0.2) is 6.61 Å². The first-order chi connectivity index (χ1) is 16.9. The number of benzene rings is 3. The number of aryl methyl sites for hydroxylation is 1. The van der Waals surface area contributed by atoms with Crippen LogP contribution in [0.25, 0.3) is 10.9 Å². The number of aromatic nitrogens is 2. The summed E-state index contributed by atoms with van der Waals surface area (Å²) in [5.74, 6) is -0.00858. The number of fused-ring (bicyclic) bond motifs is 1. The molecule has 0 atom stereocenters. The predicted octanol–water partition coefficient (Wildman–Crippen LogP) is 5.15. The first-order valence-corrected chi connectivity index (χ1v) is 11.8. The summed E-state index contributed by atoms with van der Waals surface area (Å²) in [4.78, 5) is 29.9. The van der Waals surface area contributed by atoms with E-state index in [0.717, 1.165) is 10.9 Å². The van der Waals surface area contributed by atoms with Gasteiger partial charge in [-0.25, -0.2) is 9.37 Å². The van der Waals surface area contributed by atoms with Crippen LogP contribution in [0.3, 0.4) is 0 Å². The van der Waals surface area contributed by atoms with Crippen molar-refractivity contribution in [3.05, 3.63) is 98.8 Å². The van der Waals surface area contributed by atoms with Gasteiger partial charge >= 0.3 is 0 Å². The smallest absolute Gasteiger partial charge is 0.282 e. The van der Waals surface area contributed by atoms with Gasteiger partial charge in [0.1, 0.15) is 17.4 Å². The minimum atomic E-state index is -0.521. The van der Waals surface area contributed by atoms with Gasteiger partial charge in [-0.2, -0.15) is 9.78 Å². The second-order valence-corrected chi connectivity index (χ2v) is 8.61. The number of ether oxygens (including phenoxy) is 1. The molecule has 0 aliphatic carbocycles. The number of para-hydroxylation sites is 1. The number of nitrogens with one attached hydrogen (secondary N) is 1. The highest BCUT2D eigenvalue weighted by atomic mass is 79.9. The van der Waals surface area contributed by atoms with Crippen LogP contribution in [0, 0.1) is 5.82 Å². The molecule has 0 aliphatic rings. The molecule has 3 aromatic carbocycles. The number of hydrogen-bond donors (Lipinski definition) is 1. The van der Waals surface area contributed by atoms with Crippen molar-refractivity contribution in [2.45, 2.75) is 19.8 Å².